The summed E-state index contributed by atoms with van der Waals surface area (Å²) in [4.78, 5) is 11.1. The van der Waals surface area contributed by atoms with Gasteiger partial charge in [0.25, 0.3) is 0 Å². The highest BCUT2D eigenvalue weighted by Gasteiger charge is 2.13. The molecule has 0 saturated carbocycles. The van der Waals surface area contributed by atoms with Crippen molar-refractivity contribution in [3.63, 3.8) is 0 Å². The highest BCUT2D eigenvalue weighted by Crippen LogP contribution is 2.29. The fourth-order valence-corrected chi connectivity index (χ4v) is 2.97. The maximum atomic E-state index is 11.1. The van der Waals surface area contributed by atoms with E-state index in [1.807, 2.05) is 18.2 Å². The lowest BCUT2D eigenvalue weighted by molar-refractivity contribution is -0.141. The maximum Gasteiger partial charge on any atom is 0.302 e. The van der Waals surface area contributed by atoms with Crippen molar-refractivity contribution in [1.82, 2.24) is 0 Å². The van der Waals surface area contributed by atoms with Crippen LogP contribution in [0.4, 0.5) is 0 Å². The lowest BCUT2D eigenvalue weighted by Crippen LogP contribution is -2.07. The molecule has 0 N–H and O–H groups in total. The summed E-state index contributed by atoms with van der Waals surface area (Å²) in [7, 11) is 0. The number of hydrogen-bond acceptors (Lipinski definition) is 3. The Labute approximate surface area is 163 Å². The molecule has 2 rings (SSSR count). The molecule has 2 aromatic rings. The molecule has 0 bridgehead atoms. The molecule has 0 amide bonds. The second kappa shape index (κ2) is 10.6. The average molecular weight is 367 g/mol. The average Bonchev–Trinajstić information content (AvgIpc) is 2.64. The van der Waals surface area contributed by atoms with Gasteiger partial charge in [0.2, 0.25) is 0 Å². The first-order valence-electron chi connectivity index (χ1n) is 9.49. The molecular formula is C24H30O3. The fourth-order valence-electron chi connectivity index (χ4n) is 2.97. The van der Waals surface area contributed by atoms with Crippen LogP contribution < -0.4 is 4.74 Å². The van der Waals surface area contributed by atoms with Crippen LogP contribution in [0, 0.1) is 6.92 Å². The molecule has 0 heterocycles. The fraction of sp³-hybridized carbons (Fsp3) is 0.375. The molecular weight excluding hydrogens is 336 g/mol. The van der Waals surface area contributed by atoms with Crippen molar-refractivity contribution in [2.75, 3.05) is 6.61 Å². The quantitative estimate of drug-likeness (QED) is 0.405. The molecule has 0 spiro atoms. The molecule has 3 heteroatoms. The number of rotatable bonds is 9. The topological polar surface area (TPSA) is 35.5 Å². The van der Waals surface area contributed by atoms with Crippen molar-refractivity contribution in [3.05, 3.63) is 76.9 Å². The zero-order valence-electron chi connectivity index (χ0n) is 16.8. The van der Waals surface area contributed by atoms with Crippen LogP contribution in [0.1, 0.15) is 56.2 Å². The Kier molecular flexibility index (Phi) is 8.12. The van der Waals surface area contributed by atoms with Crippen LogP contribution in [-0.4, -0.2) is 12.6 Å². The molecule has 0 saturated heterocycles. The van der Waals surface area contributed by atoms with Gasteiger partial charge < -0.3 is 9.47 Å². The van der Waals surface area contributed by atoms with Crippen LogP contribution >= 0.6 is 0 Å². The second-order valence-corrected chi connectivity index (χ2v) is 7.14. The van der Waals surface area contributed by atoms with E-state index in [0.717, 1.165) is 29.7 Å². The normalized spacial score (nSPS) is 11.6. The van der Waals surface area contributed by atoms with Crippen molar-refractivity contribution in [2.45, 2.75) is 53.1 Å². The summed E-state index contributed by atoms with van der Waals surface area (Å²) in [5.74, 6) is 1.00. The van der Waals surface area contributed by atoms with Crippen LogP contribution in [0.25, 0.3) is 0 Å². The summed E-state index contributed by atoms with van der Waals surface area (Å²) in [6, 6.07) is 16.5. The van der Waals surface area contributed by atoms with Crippen molar-refractivity contribution >= 4 is 5.97 Å². The first kappa shape index (κ1) is 20.8. The van der Waals surface area contributed by atoms with Gasteiger partial charge in [0.05, 0.1) is 6.61 Å². The van der Waals surface area contributed by atoms with Crippen LogP contribution in [-0.2, 0) is 16.1 Å². The summed E-state index contributed by atoms with van der Waals surface area (Å²) in [6.07, 6.45) is 3.99. The zero-order chi connectivity index (χ0) is 19.6. The summed E-state index contributed by atoms with van der Waals surface area (Å²) < 4.78 is 11.1. The number of hydrogen-bond donors (Lipinski definition) is 0. The number of allylic oxidation sites excluding steroid dienone is 2. The number of carbonyl (C=O) groups excluding carboxylic acids is 1. The first-order valence-corrected chi connectivity index (χ1v) is 9.49. The molecule has 0 aliphatic heterocycles. The van der Waals surface area contributed by atoms with Gasteiger partial charge in [-0.3, -0.25) is 4.79 Å². The number of benzene rings is 2. The summed E-state index contributed by atoms with van der Waals surface area (Å²) in [5, 5.41) is 0. The van der Waals surface area contributed by atoms with Gasteiger partial charge in [-0.15, -0.1) is 0 Å². The van der Waals surface area contributed by atoms with E-state index in [2.05, 4.69) is 57.2 Å². The minimum Gasteiger partial charge on any atom is -0.489 e. The molecule has 0 unspecified atom stereocenters. The Bertz CT molecular complexity index is 758. The predicted molar refractivity (Wildman–Crippen MR) is 110 cm³/mol. The Hall–Kier alpha value is -2.55. The Morgan fingerprint density at radius 3 is 2.44 bits per heavy atom. The number of aryl methyl sites for hydroxylation is 1. The summed E-state index contributed by atoms with van der Waals surface area (Å²) in [6.45, 7) is 8.75. The number of esters is 1. The lowest BCUT2D eigenvalue weighted by atomic mass is 9.91. The van der Waals surface area contributed by atoms with E-state index in [0.29, 0.717) is 19.1 Å². The second-order valence-electron chi connectivity index (χ2n) is 7.14. The van der Waals surface area contributed by atoms with E-state index in [4.69, 9.17) is 9.47 Å². The third-order valence-corrected chi connectivity index (χ3v) is 4.49. The van der Waals surface area contributed by atoms with Crippen LogP contribution in [0.3, 0.4) is 0 Å². The van der Waals surface area contributed by atoms with Gasteiger partial charge in [0.1, 0.15) is 12.4 Å². The van der Waals surface area contributed by atoms with Gasteiger partial charge in [-0.05, 0) is 62.3 Å². The van der Waals surface area contributed by atoms with Crippen LogP contribution in [0.2, 0.25) is 0 Å². The molecule has 0 fully saturated rings. The Morgan fingerprint density at radius 1 is 1.07 bits per heavy atom. The molecule has 1 atom stereocenters. The third kappa shape index (κ3) is 7.30. The predicted octanol–water partition coefficient (Wildman–Crippen LogP) is 5.97. The molecule has 0 aliphatic carbocycles. The van der Waals surface area contributed by atoms with Crippen LogP contribution in [0.5, 0.6) is 5.75 Å². The Morgan fingerprint density at radius 2 is 1.81 bits per heavy atom. The van der Waals surface area contributed by atoms with E-state index in [-0.39, 0.29) is 5.97 Å². The van der Waals surface area contributed by atoms with Gasteiger partial charge in [0, 0.05) is 6.92 Å². The van der Waals surface area contributed by atoms with Gasteiger partial charge in [-0.25, -0.2) is 0 Å². The lowest BCUT2D eigenvalue weighted by Gasteiger charge is -2.18. The third-order valence-electron chi connectivity index (χ3n) is 4.49. The standard InChI is InChI=1S/C24H30O3/c1-18(2)10-11-22(14-15-26-20(4)25)23-12-13-24(19(3)16-23)27-17-21-8-6-5-7-9-21/h5-10,12-13,16,22H,11,14-15,17H2,1-4H3/t22-/m0/s1. The zero-order valence-corrected chi connectivity index (χ0v) is 16.8. The SMILES string of the molecule is CC(=O)OCC[C@H](CC=C(C)C)c1ccc(OCc2ccccc2)c(C)c1. The smallest absolute Gasteiger partial charge is 0.302 e. The molecule has 0 radical (unpaired) electrons. The van der Waals surface area contributed by atoms with Crippen molar-refractivity contribution in [1.29, 1.82) is 0 Å². The summed E-state index contributed by atoms with van der Waals surface area (Å²) >= 11 is 0. The monoisotopic (exact) mass is 366 g/mol. The van der Waals surface area contributed by atoms with Gasteiger partial charge >= 0.3 is 5.97 Å². The van der Waals surface area contributed by atoms with Gasteiger partial charge in [-0.2, -0.15) is 0 Å². The van der Waals surface area contributed by atoms with E-state index in [9.17, 15) is 4.79 Å². The highest BCUT2D eigenvalue weighted by molar-refractivity contribution is 5.65. The van der Waals surface area contributed by atoms with E-state index < -0.39 is 0 Å². The van der Waals surface area contributed by atoms with Gasteiger partial charge in [-0.1, -0.05) is 54.1 Å². The Balaban J connectivity index is 2.07. The van der Waals surface area contributed by atoms with Gasteiger partial charge in [0.15, 0.2) is 0 Å². The van der Waals surface area contributed by atoms with Crippen molar-refractivity contribution in [3.8, 4) is 5.75 Å². The van der Waals surface area contributed by atoms with Crippen molar-refractivity contribution in [2.24, 2.45) is 0 Å². The molecule has 27 heavy (non-hydrogen) atoms. The first-order chi connectivity index (χ1) is 13.0. The van der Waals surface area contributed by atoms with Crippen LogP contribution in [0.15, 0.2) is 60.2 Å². The summed E-state index contributed by atoms with van der Waals surface area (Å²) in [5.41, 5.74) is 4.83. The molecule has 3 nitrogen and oxygen atoms in total. The highest BCUT2D eigenvalue weighted by atomic mass is 16.5. The number of carbonyl (C=O) groups is 1. The molecule has 0 aromatic heterocycles. The minimum atomic E-state index is -0.225. The van der Waals surface area contributed by atoms with Crippen molar-refractivity contribution < 1.29 is 14.3 Å². The van der Waals surface area contributed by atoms with E-state index in [1.165, 1.54) is 18.1 Å². The molecule has 0 aliphatic rings. The van der Waals surface area contributed by atoms with E-state index in [1.54, 1.807) is 0 Å². The van der Waals surface area contributed by atoms with E-state index >= 15 is 0 Å². The number of ether oxygens (including phenoxy) is 2. The maximum absolute atomic E-state index is 11.1. The minimum absolute atomic E-state index is 0.225. The largest absolute Gasteiger partial charge is 0.489 e. The molecule has 144 valence electrons. The molecule has 2 aromatic carbocycles.